The maximum Gasteiger partial charge on any atom is 0.340 e. The minimum absolute atomic E-state index is 0.305. The summed E-state index contributed by atoms with van der Waals surface area (Å²) in [5.74, 6) is -0.305. The summed E-state index contributed by atoms with van der Waals surface area (Å²) in [7, 11) is 0. The molecule has 60 valence electrons. The Balaban J connectivity index is 2.76. The number of aromatic amines is 1. The normalized spacial score (nSPS) is 9.64. The third-order valence-corrected chi connectivity index (χ3v) is 1.85. The van der Waals surface area contributed by atoms with E-state index >= 15 is 0 Å². The first-order valence-corrected chi connectivity index (χ1v) is 4.05. The van der Waals surface area contributed by atoms with Crippen LogP contribution in [0.5, 0.6) is 0 Å². The fourth-order valence-electron chi connectivity index (χ4n) is 0.716. The predicted octanol–water partition coefficient (Wildman–Crippen LogP) is 1.95. The quantitative estimate of drug-likeness (QED) is 0.771. The number of aromatic nitrogens is 1. The Morgan fingerprint density at radius 3 is 3.00 bits per heavy atom. The monoisotopic (exact) mass is 217 g/mol. The van der Waals surface area contributed by atoms with Gasteiger partial charge in [0.2, 0.25) is 0 Å². The maximum atomic E-state index is 11.1. The van der Waals surface area contributed by atoms with Crippen LogP contribution in [0.25, 0.3) is 0 Å². The standard InChI is InChI=1S/C7H8BrNO2/c1-2-11-7(10)5-3-4-9-6(5)8/h3-4,9H,2H2,1H3. The zero-order valence-corrected chi connectivity index (χ0v) is 7.64. The van der Waals surface area contributed by atoms with E-state index in [0.717, 1.165) is 0 Å². The number of esters is 1. The van der Waals surface area contributed by atoms with Gasteiger partial charge in [0.15, 0.2) is 0 Å². The number of carbonyl (C=O) groups excluding carboxylic acids is 1. The highest BCUT2D eigenvalue weighted by Crippen LogP contribution is 2.14. The molecule has 0 amide bonds. The Bertz CT molecular complexity index is 257. The van der Waals surface area contributed by atoms with Crippen molar-refractivity contribution in [3.63, 3.8) is 0 Å². The molecule has 0 saturated heterocycles. The highest BCUT2D eigenvalue weighted by atomic mass is 79.9. The first-order chi connectivity index (χ1) is 5.25. The number of ether oxygens (including phenoxy) is 1. The zero-order valence-electron chi connectivity index (χ0n) is 6.06. The average molecular weight is 218 g/mol. The van der Waals surface area contributed by atoms with Crippen LogP contribution in [0.1, 0.15) is 17.3 Å². The number of hydrogen-bond donors (Lipinski definition) is 1. The first-order valence-electron chi connectivity index (χ1n) is 3.25. The third kappa shape index (κ3) is 1.83. The van der Waals surface area contributed by atoms with Gasteiger partial charge < -0.3 is 9.72 Å². The molecule has 0 spiro atoms. The van der Waals surface area contributed by atoms with Crippen molar-refractivity contribution in [2.75, 3.05) is 6.61 Å². The minimum atomic E-state index is -0.305. The van der Waals surface area contributed by atoms with Gasteiger partial charge in [0, 0.05) is 6.20 Å². The molecule has 0 aliphatic carbocycles. The van der Waals surface area contributed by atoms with Crippen molar-refractivity contribution in [2.24, 2.45) is 0 Å². The summed E-state index contributed by atoms with van der Waals surface area (Å²) in [5, 5.41) is 0. The molecule has 0 fully saturated rings. The van der Waals surface area contributed by atoms with E-state index < -0.39 is 0 Å². The van der Waals surface area contributed by atoms with Gasteiger partial charge >= 0.3 is 5.97 Å². The van der Waals surface area contributed by atoms with E-state index in [9.17, 15) is 4.79 Å². The average Bonchev–Trinajstić information content (AvgIpc) is 2.36. The molecule has 1 aromatic rings. The molecular weight excluding hydrogens is 210 g/mol. The lowest BCUT2D eigenvalue weighted by atomic mass is 10.3. The highest BCUT2D eigenvalue weighted by Gasteiger charge is 2.10. The summed E-state index contributed by atoms with van der Waals surface area (Å²) in [4.78, 5) is 13.9. The summed E-state index contributed by atoms with van der Waals surface area (Å²) in [6.07, 6.45) is 1.68. The number of rotatable bonds is 2. The molecule has 4 heteroatoms. The molecular formula is C7H8BrNO2. The van der Waals surface area contributed by atoms with Crippen LogP contribution >= 0.6 is 15.9 Å². The van der Waals surface area contributed by atoms with Crippen molar-refractivity contribution >= 4 is 21.9 Å². The van der Waals surface area contributed by atoms with E-state index in [1.165, 1.54) is 0 Å². The third-order valence-electron chi connectivity index (χ3n) is 1.19. The smallest absolute Gasteiger partial charge is 0.340 e. The Kier molecular flexibility index (Phi) is 2.70. The fraction of sp³-hybridized carbons (Fsp3) is 0.286. The predicted molar refractivity (Wildman–Crippen MR) is 44.4 cm³/mol. The Morgan fingerprint density at radius 1 is 1.82 bits per heavy atom. The topological polar surface area (TPSA) is 42.1 Å². The fourth-order valence-corrected chi connectivity index (χ4v) is 1.14. The van der Waals surface area contributed by atoms with Crippen LogP contribution in [0.2, 0.25) is 0 Å². The summed E-state index contributed by atoms with van der Waals surface area (Å²) >= 11 is 3.18. The molecule has 1 aromatic heterocycles. The van der Waals surface area contributed by atoms with Gasteiger partial charge in [-0.25, -0.2) is 4.79 Å². The first kappa shape index (κ1) is 8.33. The Hall–Kier alpha value is -0.770. The number of halogens is 1. The van der Waals surface area contributed by atoms with Crippen LogP contribution < -0.4 is 0 Å². The van der Waals surface area contributed by atoms with E-state index in [1.54, 1.807) is 19.2 Å². The number of carbonyl (C=O) groups is 1. The van der Waals surface area contributed by atoms with Crippen LogP contribution in [0, 0.1) is 0 Å². The molecule has 0 bridgehead atoms. The van der Waals surface area contributed by atoms with E-state index in [0.29, 0.717) is 16.8 Å². The lowest BCUT2D eigenvalue weighted by Gasteiger charge is -1.97. The lowest BCUT2D eigenvalue weighted by molar-refractivity contribution is 0.0525. The maximum absolute atomic E-state index is 11.1. The SMILES string of the molecule is CCOC(=O)c1cc[nH]c1Br. The second-order valence-electron chi connectivity index (χ2n) is 1.93. The molecule has 1 rings (SSSR count). The summed E-state index contributed by atoms with van der Waals surface area (Å²) in [6.45, 7) is 2.18. The molecule has 0 aromatic carbocycles. The van der Waals surface area contributed by atoms with Crippen molar-refractivity contribution in [3.05, 3.63) is 22.4 Å². The second kappa shape index (κ2) is 3.57. The van der Waals surface area contributed by atoms with Crippen LogP contribution in [0.15, 0.2) is 16.9 Å². The molecule has 0 unspecified atom stereocenters. The molecule has 0 radical (unpaired) electrons. The van der Waals surface area contributed by atoms with Gasteiger partial charge in [0.1, 0.15) is 0 Å². The van der Waals surface area contributed by atoms with Crippen molar-refractivity contribution in [2.45, 2.75) is 6.92 Å². The Morgan fingerprint density at radius 2 is 2.55 bits per heavy atom. The van der Waals surface area contributed by atoms with Gasteiger partial charge in [-0.15, -0.1) is 0 Å². The van der Waals surface area contributed by atoms with Gasteiger partial charge in [-0.3, -0.25) is 0 Å². The molecule has 3 nitrogen and oxygen atoms in total. The summed E-state index contributed by atoms with van der Waals surface area (Å²) in [5.41, 5.74) is 0.534. The van der Waals surface area contributed by atoms with Gasteiger partial charge in [0.25, 0.3) is 0 Å². The zero-order chi connectivity index (χ0) is 8.27. The lowest BCUT2D eigenvalue weighted by Crippen LogP contribution is -2.03. The second-order valence-corrected chi connectivity index (χ2v) is 2.72. The largest absolute Gasteiger partial charge is 0.462 e. The van der Waals surface area contributed by atoms with Crippen molar-refractivity contribution in [1.29, 1.82) is 0 Å². The van der Waals surface area contributed by atoms with Crippen LogP contribution in [-0.2, 0) is 4.74 Å². The van der Waals surface area contributed by atoms with Crippen molar-refractivity contribution in [3.8, 4) is 0 Å². The van der Waals surface area contributed by atoms with E-state index in [1.807, 2.05) is 0 Å². The van der Waals surface area contributed by atoms with Gasteiger partial charge in [-0.2, -0.15) is 0 Å². The van der Waals surface area contributed by atoms with Crippen molar-refractivity contribution in [1.82, 2.24) is 4.98 Å². The molecule has 0 aliphatic heterocycles. The van der Waals surface area contributed by atoms with Gasteiger partial charge in [0.05, 0.1) is 16.8 Å². The van der Waals surface area contributed by atoms with Gasteiger partial charge in [-0.05, 0) is 28.9 Å². The van der Waals surface area contributed by atoms with E-state index in [2.05, 4.69) is 20.9 Å². The Labute approximate surface area is 72.9 Å². The summed E-state index contributed by atoms with van der Waals surface area (Å²) in [6, 6.07) is 1.67. The molecule has 0 saturated carbocycles. The van der Waals surface area contributed by atoms with Crippen LogP contribution in [0.3, 0.4) is 0 Å². The van der Waals surface area contributed by atoms with Crippen molar-refractivity contribution < 1.29 is 9.53 Å². The molecule has 1 heterocycles. The number of nitrogens with one attached hydrogen (secondary N) is 1. The van der Waals surface area contributed by atoms with Gasteiger partial charge in [-0.1, -0.05) is 0 Å². The molecule has 0 atom stereocenters. The van der Waals surface area contributed by atoms with E-state index in [4.69, 9.17) is 4.74 Å². The minimum Gasteiger partial charge on any atom is -0.462 e. The van der Waals surface area contributed by atoms with E-state index in [-0.39, 0.29) is 5.97 Å². The van der Waals surface area contributed by atoms with Crippen LogP contribution in [0.4, 0.5) is 0 Å². The molecule has 11 heavy (non-hydrogen) atoms. The summed E-state index contributed by atoms with van der Waals surface area (Å²) < 4.78 is 5.44. The van der Waals surface area contributed by atoms with Crippen LogP contribution in [-0.4, -0.2) is 17.6 Å². The number of H-pyrrole nitrogens is 1. The molecule has 1 N–H and O–H groups in total. The highest BCUT2D eigenvalue weighted by molar-refractivity contribution is 9.10. The molecule has 0 aliphatic rings. The number of hydrogen-bond acceptors (Lipinski definition) is 2.